The maximum atomic E-state index is 12.2. The molecule has 0 spiro atoms. The summed E-state index contributed by atoms with van der Waals surface area (Å²) in [4.78, 5) is 0.282. The van der Waals surface area contributed by atoms with Gasteiger partial charge in [-0.05, 0) is 31.3 Å². The summed E-state index contributed by atoms with van der Waals surface area (Å²) in [6.07, 6.45) is 0. The largest absolute Gasteiger partial charge is 0.360 e. The van der Waals surface area contributed by atoms with Gasteiger partial charge in [-0.1, -0.05) is 17.7 Å². The normalized spacial score (nSPS) is 16.3. The van der Waals surface area contributed by atoms with Crippen LogP contribution in [0.2, 0.25) is 0 Å². The van der Waals surface area contributed by atoms with Crippen LogP contribution in [-0.4, -0.2) is 30.9 Å². The average molecular weight is 256 g/mol. The predicted octanol–water partition coefficient (Wildman–Crippen LogP) is 0.874. The molecule has 1 N–H and O–H groups in total. The molecular weight excluding hydrogens is 244 g/mol. The molecule has 0 aromatic heterocycles. The van der Waals surface area contributed by atoms with Crippen LogP contribution < -0.4 is 5.32 Å². The smallest absolute Gasteiger partial charge is 0.266 e. The summed E-state index contributed by atoms with van der Waals surface area (Å²) < 4.78 is 25.5. The molecule has 4 nitrogen and oxygen atoms in total. The number of benzene rings is 1. The number of nitrogens with one attached hydrogen (secondary N) is 1. The van der Waals surface area contributed by atoms with Crippen LogP contribution in [0.25, 0.3) is 0 Å². The Morgan fingerprint density at radius 2 is 1.94 bits per heavy atom. The molecule has 1 saturated heterocycles. The highest BCUT2D eigenvalue weighted by Crippen LogP contribution is 2.17. The molecule has 16 heavy (non-hydrogen) atoms. The Morgan fingerprint density at radius 1 is 1.31 bits per heavy atom. The minimum Gasteiger partial charge on any atom is -0.360 e. The Morgan fingerprint density at radius 3 is 2.44 bits per heavy atom. The van der Waals surface area contributed by atoms with Gasteiger partial charge in [0.2, 0.25) is 0 Å². The lowest BCUT2D eigenvalue weighted by Gasteiger charge is -2.16. The van der Waals surface area contributed by atoms with E-state index in [1.807, 2.05) is 6.92 Å². The fraction of sp³-hybridized carbons (Fsp3) is 0.300. The van der Waals surface area contributed by atoms with Crippen molar-refractivity contribution in [3.05, 3.63) is 29.8 Å². The summed E-state index contributed by atoms with van der Waals surface area (Å²) in [6.45, 7) is 2.89. The van der Waals surface area contributed by atoms with Gasteiger partial charge < -0.3 is 5.32 Å². The second-order valence-electron chi connectivity index (χ2n) is 3.62. The van der Waals surface area contributed by atoms with Gasteiger partial charge >= 0.3 is 0 Å². The molecule has 2 rings (SSSR count). The monoisotopic (exact) mass is 256 g/mol. The topological polar surface area (TPSA) is 49.4 Å². The first-order valence-corrected chi connectivity index (χ1v) is 6.74. The van der Waals surface area contributed by atoms with Gasteiger partial charge in [0.25, 0.3) is 10.0 Å². The van der Waals surface area contributed by atoms with E-state index in [2.05, 4.69) is 5.32 Å². The minimum atomic E-state index is -3.48. The predicted molar refractivity (Wildman–Crippen MR) is 65.7 cm³/mol. The van der Waals surface area contributed by atoms with Crippen molar-refractivity contribution in [2.75, 3.05) is 13.1 Å². The fourth-order valence-electron chi connectivity index (χ4n) is 1.52. The highest BCUT2D eigenvalue weighted by atomic mass is 32.2. The molecule has 0 atom stereocenters. The molecule has 1 aromatic carbocycles. The Kier molecular flexibility index (Phi) is 2.86. The van der Waals surface area contributed by atoms with Crippen LogP contribution in [-0.2, 0) is 10.0 Å². The number of thiocarbonyl (C=S) groups is 1. The van der Waals surface area contributed by atoms with Gasteiger partial charge in [-0.2, -0.15) is 0 Å². The molecule has 1 aliphatic heterocycles. The van der Waals surface area contributed by atoms with Crippen molar-refractivity contribution in [2.24, 2.45) is 0 Å². The van der Waals surface area contributed by atoms with Crippen molar-refractivity contribution >= 4 is 27.4 Å². The van der Waals surface area contributed by atoms with Crippen molar-refractivity contribution < 1.29 is 8.42 Å². The summed E-state index contributed by atoms with van der Waals surface area (Å²) in [6, 6.07) is 6.76. The number of nitrogens with zero attached hydrogens (tertiary/aromatic N) is 1. The van der Waals surface area contributed by atoms with E-state index in [1.54, 1.807) is 24.3 Å². The third-order valence-electron chi connectivity index (χ3n) is 2.43. The summed E-state index contributed by atoms with van der Waals surface area (Å²) in [5, 5.41) is 3.11. The van der Waals surface area contributed by atoms with Crippen molar-refractivity contribution in [1.82, 2.24) is 9.62 Å². The number of aryl methyl sites for hydroxylation is 1. The molecule has 1 aliphatic rings. The van der Waals surface area contributed by atoms with Crippen LogP contribution in [0.3, 0.4) is 0 Å². The highest BCUT2D eigenvalue weighted by molar-refractivity contribution is 7.91. The molecule has 1 aromatic rings. The Balaban J connectivity index is 2.39. The van der Waals surface area contributed by atoms with Gasteiger partial charge in [-0.25, -0.2) is 12.7 Å². The van der Waals surface area contributed by atoms with Crippen molar-refractivity contribution in [3.63, 3.8) is 0 Å². The number of rotatable bonds is 2. The van der Waals surface area contributed by atoms with Crippen LogP contribution in [0, 0.1) is 6.92 Å². The second kappa shape index (κ2) is 4.03. The van der Waals surface area contributed by atoms with Gasteiger partial charge in [0, 0.05) is 6.54 Å². The van der Waals surface area contributed by atoms with Gasteiger partial charge in [0.15, 0.2) is 5.11 Å². The Hall–Kier alpha value is -1.14. The lowest BCUT2D eigenvalue weighted by atomic mass is 10.2. The van der Waals surface area contributed by atoms with Gasteiger partial charge in [-0.3, -0.25) is 0 Å². The summed E-state index contributed by atoms with van der Waals surface area (Å²) >= 11 is 4.95. The zero-order valence-corrected chi connectivity index (χ0v) is 10.4. The molecule has 0 saturated carbocycles. The zero-order valence-electron chi connectivity index (χ0n) is 8.80. The molecule has 0 unspecified atom stereocenters. The fourth-order valence-corrected chi connectivity index (χ4v) is 3.36. The third-order valence-corrected chi connectivity index (χ3v) is 4.72. The van der Waals surface area contributed by atoms with Crippen molar-refractivity contribution in [2.45, 2.75) is 11.8 Å². The summed E-state index contributed by atoms with van der Waals surface area (Å²) in [5.41, 5.74) is 1.03. The van der Waals surface area contributed by atoms with Gasteiger partial charge in [-0.15, -0.1) is 0 Å². The lowest BCUT2D eigenvalue weighted by molar-refractivity contribution is 0.542. The van der Waals surface area contributed by atoms with E-state index in [-0.39, 0.29) is 10.0 Å². The van der Waals surface area contributed by atoms with Crippen molar-refractivity contribution in [1.29, 1.82) is 0 Å². The Bertz CT molecular complexity index is 508. The van der Waals surface area contributed by atoms with E-state index >= 15 is 0 Å². The van der Waals surface area contributed by atoms with E-state index in [1.165, 1.54) is 4.31 Å². The molecule has 0 amide bonds. The van der Waals surface area contributed by atoms with Crippen LogP contribution >= 0.6 is 12.2 Å². The first kappa shape index (κ1) is 11.3. The molecule has 1 fully saturated rings. The van der Waals surface area contributed by atoms with E-state index in [0.717, 1.165) is 5.56 Å². The van der Waals surface area contributed by atoms with Gasteiger partial charge in [0.1, 0.15) is 0 Å². The van der Waals surface area contributed by atoms with E-state index in [0.29, 0.717) is 13.1 Å². The quantitative estimate of drug-likeness (QED) is 0.798. The molecular formula is C10H12N2O2S2. The van der Waals surface area contributed by atoms with Crippen LogP contribution in [0.5, 0.6) is 0 Å². The maximum absolute atomic E-state index is 12.2. The Labute approximate surface area is 100 Å². The molecule has 0 aliphatic carbocycles. The zero-order chi connectivity index (χ0) is 11.8. The molecule has 1 heterocycles. The average Bonchev–Trinajstić information content (AvgIpc) is 2.66. The summed E-state index contributed by atoms with van der Waals surface area (Å²) in [7, 11) is -3.48. The number of sulfonamides is 1. The standard InChI is InChI=1S/C10H12N2O2S2/c1-8-2-4-9(5-3-8)16(13,14)12-7-6-11-10(12)15/h2-5H,6-7H2,1H3,(H,11,15). The second-order valence-corrected chi connectivity index (χ2v) is 5.87. The lowest BCUT2D eigenvalue weighted by Crippen LogP contribution is -2.33. The number of hydrogen-bond donors (Lipinski definition) is 1. The van der Waals surface area contributed by atoms with Crippen LogP contribution in [0.4, 0.5) is 0 Å². The molecule has 86 valence electrons. The van der Waals surface area contributed by atoms with E-state index in [9.17, 15) is 8.42 Å². The first-order chi connectivity index (χ1) is 7.51. The maximum Gasteiger partial charge on any atom is 0.266 e. The van der Waals surface area contributed by atoms with Gasteiger partial charge in [0.05, 0.1) is 11.4 Å². The first-order valence-electron chi connectivity index (χ1n) is 4.89. The molecule has 0 bridgehead atoms. The number of hydrogen-bond acceptors (Lipinski definition) is 3. The van der Waals surface area contributed by atoms with Crippen LogP contribution in [0.1, 0.15) is 5.56 Å². The highest BCUT2D eigenvalue weighted by Gasteiger charge is 2.29. The van der Waals surface area contributed by atoms with Crippen molar-refractivity contribution in [3.8, 4) is 0 Å². The summed E-state index contributed by atoms with van der Waals surface area (Å²) in [5.74, 6) is 0. The SMILES string of the molecule is Cc1ccc(S(=O)(=O)N2CCNC2=S)cc1. The third kappa shape index (κ3) is 1.90. The molecule has 6 heteroatoms. The van der Waals surface area contributed by atoms with E-state index < -0.39 is 10.0 Å². The minimum absolute atomic E-state index is 0.278. The van der Waals surface area contributed by atoms with E-state index in [4.69, 9.17) is 12.2 Å². The van der Waals surface area contributed by atoms with Crippen LogP contribution in [0.15, 0.2) is 29.2 Å². The molecule has 0 radical (unpaired) electrons.